The van der Waals surface area contributed by atoms with E-state index in [9.17, 15) is 5.11 Å². The highest BCUT2D eigenvalue weighted by Gasteiger charge is 2.36. The number of likely N-dealkylation sites (N-methyl/N-ethyl adjacent to an activating group) is 1. The van der Waals surface area contributed by atoms with Gasteiger partial charge in [0.15, 0.2) is 0 Å². The average Bonchev–Trinajstić information content (AvgIpc) is 2.55. The van der Waals surface area contributed by atoms with E-state index in [1.807, 2.05) is 7.05 Å². The Kier molecular flexibility index (Phi) is 5.59. The van der Waals surface area contributed by atoms with E-state index in [4.69, 9.17) is 0 Å². The van der Waals surface area contributed by atoms with Crippen molar-refractivity contribution in [2.75, 3.05) is 40.8 Å². The molecule has 0 aliphatic carbocycles. The number of β-amino-alcohol motifs (C(OH)–C–C–N with tert-alkyl or cyclic N) is 1. The topological polar surface area (TPSA) is 38.7 Å². The van der Waals surface area contributed by atoms with Crippen molar-refractivity contribution >= 4 is 0 Å². The Morgan fingerprint density at radius 1 is 1.44 bits per heavy atom. The highest BCUT2D eigenvalue weighted by Crippen LogP contribution is 2.27. The van der Waals surface area contributed by atoms with Gasteiger partial charge in [0.1, 0.15) is 0 Å². The predicted molar refractivity (Wildman–Crippen MR) is 76.8 cm³/mol. The maximum absolute atomic E-state index is 9.90. The number of nitrogens with zero attached hydrogens (tertiary/aromatic N) is 2. The molecule has 1 saturated heterocycles. The zero-order valence-electron chi connectivity index (χ0n) is 12.9. The van der Waals surface area contributed by atoms with E-state index in [1.165, 1.54) is 0 Å². The van der Waals surface area contributed by atoms with Gasteiger partial charge in [0.25, 0.3) is 0 Å². The van der Waals surface area contributed by atoms with Crippen LogP contribution in [0.25, 0.3) is 0 Å². The molecule has 0 aromatic heterocycles. The quantitative estimate of drug-likeness (QED) is 0.731. The van der Waals surface area contributed by atoms with Crippen LogP contribution in [0.5, 0.6) is 0 Å². The Bertz CT molecular complexity index is 255. The Morgan fingerprint density at radius 2 is 2.06 bits per heavy atom. The SMILES string of the molecule is CNC(C)C(C)(C)CN1CC(O)CC1CN(C)C. The first kappa shape index (κ1) is 15.9. The van der Waals surface area contributed by atoms with Crippen molar-refractivity contribution in [2.45, 2.75) is 45.4 Å². The maximum atomic E-state index is 9.90. The summed E-state index contributed by atoms with van der Waals surface area (Å²) < 4.78 is 0. The molecule has 0 saturated carbocycles. The largest absolute Gasteiger partial charge is 0.392 e. The summed E-state index contributed by atoms with van der Waals surface area (Å²) in [4.78, 5) is 4.67. The highest BCUT2D eigenvalue weighted by molar-refractivity contribution is 4.91. The number of aliphatic hydroxyl groups is 1. The van der Waals surface area contributed by atoms with Crippen LogP contribution >= 0.6 is 0 Å². The normalized spacial score (nSPS) is 28.0. The Balaban J connectivity index is 2.63. The maximum Gasteiger partial charge on any atom is 0.0682 e. The van der Waals surface area contributed by atoms with E-state index in [0.717, 1.165) is 26.1 Å². The molecule has 0 amide bonds. The summed E-state index contributed by atoms with van der Waals surface area (Å²) in [5.74, 6) is 0. The van der Waals surface area contributed by atoms with Gasteiger partial charge in [-0.3, -0.25) is 4.90 Å². The van der Waals surface area contributed by atoms with Crippen LogP contribution in [0.15, 0.2) is 0 Å². The van der Waals surface area contributed by atoms with Crippen molar-refractivity contribution in [1.29, 1.82) is 0 Å². The number of rotatable bonds is 6. The van der Waals surface area contributed by atoms with Crippen molar-refractivity contribution < 1.29 is 5.11 Å². The average molecular weight is 257 g/mol. The molecule has 1 fully saturated rings. The third kappa shape index (κ3) is 4.19. The lowest BCUT2D eigenvalue weighted by Gasteiger charge is -2.38. The fourth-order valence-electron chi connectivity index (χ4n) is 2.81. The summed E-state index contributed by atoms with van der Waals surface area (Å²) in [6.07, 6.45) is 0.748. The molecule has 1 rings (SSSR count). The fraction of sp³-hybridized carbons (Fsp3) is 1.00. The number of nitrogens with one attached hydrogen (secondary N) is 1. The van der Waals surface area contributed by atoms with Gasteiger partial charge < -0.3 is 15.3 Å². The molecule has 0 bridgehead atoms. The lowest BCUT2D eigenvalue weighted by atomic mass is 9.84. The van der Waals surface area contributed by atoms with Crippen molar-refractivity contribution in [2.24, 2.45) is 5.41 Å². The Morgan fingerprint density at radius 3 is 2.56 bits per heavy atom. The van der Waals surface area contributed by atoms with Crippen LogP contribution in [0.1, 0.15) is 27.2 Å². The molecule has 3 unspecified atom stereocenters. The molecule has 4 heteroatoms. The van der Waals surface area contributed by atoms with E-state index in [2.05, 4.69) is 50.0 Å². The molecule has 1 heterocycles. The van der Waals surface area contributed by atoms with Crippen LogP contribution in [0, 0.1) is 5.41 Å². The zero-order chi connectivity index (χ0) is 13.9. The molecule has 0 aromatic rings. The fourth-order valence-corrected chi connectivity index (χ4v) is 2.81. The van der Waals surface area contributed by atoms with Gasteiger partial charge in [-0.05, 0) is 39.9 Å². The van der Waals surface area contributed by atoms with Gasteiger partial charge in [0, 0.05) is 31.7 Å². The molecule has 0 aromatic carbocycles. The molecule has 4 nitrogen and oxygen atoms in total. The number of hydrogen-bond donors (Lipinski definition) is 2. The van der Waals surface area contributed by atoms with E-state index >= 15 is 0 Å². The summed E-state index contributed by atoms with van der Waals surface area (Å²) in [5.41, 5.74) is 0.212. The van der Waals surface area contributed by atoms with Crippen molar-refractivity contribution in [3.05, 3.63) is 0 Å². The third-order valence-corrected chi connectivity index (χ3v) is 4.30. The predicted octanol–water partition coefficient (Wildman–Crippen LogP) is 0.617. The minimum atomic E-state index is -0.157. The second kappa shape index (κ2) is 6.33. The van der Waals surface area contributed by atoms with Crippen LogP contribution in [-0.2, 0) is 0 Å². The molecule has 0 spiro atoms. The zero-order valence-corrected chi connectivity index (χ0v) is 12.9. The molecular weight excluding hydrogens is 226 g/mol. The van der Waals surface area contributed by atoms with Crippen LogP contribution in [0.3, 0.4) is 0 Å². The van der Waals surface area contributed by atoms with E-state index in [-0.39, 0.29) is 11.5 Å². The van der Waals surface area contributed by atoms with Crippen molar-refractivity contribution in [3.63, 3.8) is 0 Å². The van der Waals surface area contributed by atoms with Gasteiger partial charge in [-0.2, -0.15) is 0 Å². The minimum absolute atomic E-state index is 0.157. The number of hydrogen-bond acceptors (Lipinski definition) is 4. The van der Waals surface area contributed by atoms with Gasteiger partial charge in [0.05, 0.1) is 6.10 Å². The summed E-state index contributed by atoms with van der Waals surface area (Å²) in [6, 6.07) is 0.952. The van der Waals surface area contributed by atoms with Gasteiger partial charge in [0.2, 0.25) is 0 Å². The summed E-state index contributed by atoms with van der Waals surface area (Å²) in [7, 11) is 6.22. The van der Waals surface area contributed by atoms with E-state index in [0.29, 0.717) is 12.1 Å². The molecule has 2 N–H and O–H groups in total. The molecule has 3 atom stereocenters. The highest BCUT2D eigenvalue weighted by atomic mass is 16.3. The first-order valence-corrected chi connectivity index (χ1v) is 7.00. The van der Waals surface area contributed by atoms with E-state index in [1.54, 1.807) is 0 Å². The lowest BCUT2D eigenvalue weighted by Crippen LogP contribution is -2.48. The van der Waals surface area contributed by atoms with Crippen molar-refractivity contribution in [1.82, 2.24) is 15.1 Å². The molecule has 1 aliphatic rings. The summed E-state index contributed by atoms with van der Waals surface area (Å²) >= 11 is 0. The number of aliphatic hydroxyl groups excluding tert-OH is 1. The summed E-state index contributed by atoms with van der Waals surface area (Å²) in [6.45, 7) is 9.70. The lowest BCUT2D eigenvalue weighted by molar-refractivity contribution is 0.113. The standard InChI is InChI=1S/C14H31N3O/c1-11(15-4)14(2,3)10-17-9-13(18)7-12(17)8-16(5)6/h11-13,15,18H,7-10H2,1-6H3. The van der Waals surface area contributed by atoms with Gasteiger partial charge in [-0.1, -0.05) is 13.8 Å². The Hall–Kier alpha value is -0.160. The van der Waals surface area contributed by atoms with Crippen LogP contribution < -0.4 is 5.32 Å². The van der Waals surface area contributed by atoms with Gasteiger partial charge in [-0.15, -0.1) is 0 Å². The third-order valence-electron chi connectivity index (χ3n) is 4.30. The first-order valence-electron chi connectivity index (χ1n) is 7.00. The van der Waals surface area contributed by atoms with Crippen LogP contribution in [0.4, 0.5) is 0 Å². The second-order valence-corrected chi connectivity index (χ2v) is 6.73. The van der Waals surface area contributed by atoms with Gasteiger partial charge in [-0.25, -0.2) is 0 Å². The Labute approximate surface area is 112 Å². The molecular formula is C14H31N3O. The molecule has 108 valence electrons. The van der Waals surface area contributed by atoms with E-state index < -0.39 is 0 Å². The molecule has 0 radical (unpaired) electrons. The van der Waals surface area contributed by atoms with Crippen LogP contribution in [0.2, 0.25) is 0 Å². The minimum Gasteiger partial charge on any atom is -0.392 e. The number of likely N-dealkylation sites (tertiary alicyclic amines) is 1. The summed E-state index contributed by atoms with van der Waals surface area (Å²) in [5, 5.41) is 13.2. The first-order chi connectivity index (χ1) is 8.26. The monoisotopic (exact) mass is 257 g/mol. The molecule has 18 heavy (non-hydrogen) atoms. The van der Waals surface area contributed by atoms with Crippen molar-refractivity contribution in [3.8, 4) is 0 Å². The molecule has 1 aliphatic heterocycles. The smallest absolute Gasteiger partial charge is 0.0682 e. The van der Waals surface area contributed by atoms with Crippen LogP contribution in [-0.4, -0.2) is 73.9 Å². The second-order valence-electron chi connectivity index (χ2n) is 6.73. The van der Waals surface area contributed by atoms with Gasteiger partial charge >= 0.3 is 0 Å².